The quantitative estimate of drug-likeness (QED) is 0.803. The van der Waals surface area contributed by atoms with E-state index in [2.05, 4.69) is 15.0 Å². The van der Waals surface area contributed by atoms with Crippen LogP contribution in [0.15, 0.2) is 12.7 Å². The van der Waals surface area contributed by atoms with E-state index in [9.17, 15) is 10.2 Å². The molecule has 0 saturated carbocycles. The van der Waals surface area contributed by atoms with Gasteiger partial charge in [-0.2, -0.15) is 0 Å². The Balaban J connectivity index is 1.76. The Kier molecular flexibility index (Phi) is 3.33. The van der Waals surface area contributed by atoms with E-state index < -0.39 is 24.5 Å². The first-order valence-electron chi connectivity index (χ1n) is 7.43. The molecule has 118 valence electrons. The van der Waals surface area contributed by atoms with Crippen LogP contribution < -0.4 is 0 Å². The van der Waals surface area contributed by atoms with Gasteiger partial charge in [-0.1, -0.05) is 0 Å². The fourth-order valence-electron chi connectivity index (χ4n) is 3.16. The summed E-state index contributed by atoms with van der Waals surface area (Å²) >= 11 is 0. The fraction of sp³-hybridized carbons (Fsp3) is 0.643. The van der Waals surface area contributed by atoms with Crippen LogP contribution in [0.2, 0.25) is 0 Å². The lowest BCUT2D eigenvalue weighted by molar-refractivity contribution is -0.0299. The summed E-state index contributed by atoms with van der Waals surface area (Å²) in [6, 6.07) is 0. The lowest BCUT2D eigenvalue weighted by Crippen LogP contribution is -2.30. The SMILES string of the molecule is CC1OC(n2cnc3c(C4CCOC4)ncnc32)C(O)C1O. The number of nitrogens with zero attached hydrogens (tertiary/aromatic N) is 4. The number of aromatic nitrogens is 4. The van der Waals surface area contributed by atoms with Crippen molar-refractivity contribution in [2.24, 2.45) is 0 Å². The van der Waals surface area contributed by atoms with Crippen LogP contribution in [0.25, 0.3) is 11.2 Å². The highest BCUT2D eigenvalue weighted by Gasteiger charge is 2.42. The molecule has 0 amide bonds. The summed E-state index contributed by atoms with van der Waals surface area (Å²) in [5, 5.41) is 20.0. The van der Waals surface area contributed by atoms with Crippen molar-refractivity contribution < 1.29 is 19.7 Å². The maximum Gasteiger partial charge on any atom is 0.165 e. The first-order valence-corrected chi connectivity index (χ1v) is 7.43. The van der Waals surface area contributed by atoms with Gasteiger partial charge in [0.2, 0.25) is 0 Å². The molecule has 0 bridgehead atoms. The van der Waals surface area contributed by atoms with Crippen molar-refractivity contribution in [3.63, 3.8) is 0 Å². The van der Waals surface area contributed by atoms with Crippen molar-refractivity contribution >= 4 is 11.2 Å². The molecule has 2 saturated heterocycles. The lowest BCUT2D eigenvalue weighted by Gasteiger charge is -2.16. The Morgan fingerprint density at radius 1 is 1.23 bits per heavy atom. The number of hydrogen-bond donors (Lipinski definition) is 2. The van der Waals surface area contributed by atoms with Crippen molar-refractivity contribution in [2.75, 3.05) is 13.2 Å². The average molecular weight is 306 g/mol. The van der Waals surface area contributed by atoms with E-state index in [0.717, 1.165) is 18.7 Å². The van der Waals surface area contributed by atoms with Gasteiger partial charge in [0.05, 0.1) is 24.7 Å². The highest BCUT2D eigenvalue weighted by Crippen LogP contribution is 2.33. The van der Waals surface area contributed by atoms with Gasteiger partial charge in [-0.25, -0.2) is 15.0 Å². The molecule has 8 nitrogen and oxygen atoms in total. The molecule has 22 heavy (non-hydrogen) atoms. The van der Waals surface area contributed by atoms with Crippen molar-refractivity contribution in [3.8, 4) is 0 Å². The summed E-state index contributed by atoms with van der Waals surface area (Å²) in [7, 11) is 0. The van der Waals surface area contributed by atoms with Crippen LogP contribution in [0.3, 0.4) is 0 Å². The summed E-state index contributed by atoms with van der Waals surface area (Å²) in [6.07, 6.45) is 0.913. The van der Waals surface area contributed by atoms with Gasteiger partial charge in [0, 0.05) is 12.5 Å². The number of imidazole rings is 1. The van der Waals surface area contributed by atoms with E-state index >= 15 is 0 Å². The molecule has 2 aliphatic heterocycles. The summed E-state index contributed by atoms with van der Waals surface area (Å²) in [5.41, 5.74) is 2.16. The highest BCUT2D eigenvalue weighted by atomic mass is 16.6. The number of fused-ring (bicyclic) bond motifs is 1. The molecule has 2 aromatic heterocycles. The van der Waals surface area contributed by atoms with Gasteiger partial charge in [0.15, 0.2) is 11.9 Å². The molecule has 8 heteroatoms. The van der Waals surface area contributed by atoms with Crippen molar-refractivity contribution in [1.29, 1.82) is 0 Å². The molecule has 4 rings (SSSR count). The number of hydrogen-bond acceptors (Lipinski definition) is 7. The van der Waals surface area contributed by atoms with Gasteiger partial charge in [-0.05, 0) is 13.3 Å². The standard InChI is InChI=1S/C14H18N4O4/c1-7-11(19)12(20)14(22-7)18-6-17-10-9(8-2-3-21-4-8)15-5-16-13(10)18/h5-8,11-12,14,19-20H,2-4H2,1H3. The first kappa shape index (κ1) is 14.0. The first-order chi connectivity index (χ1) is 10.7. The normalized spacial score (nSPS) is 35.5. The van der Waals surface area contributed by atoms with E-state index in [1.165, 1.54) is 6.33 Å². The van der Waals surface area contributed by atoms with E-state index in [0.29, 0.717) is 17.8 Å². The topological polar surface area (TPSA) is 103 Å². The van der Waals surface area contributed by atoms with Gasteiger partial charge < -0.3 is 19.7 Å². The van der Waals surface area contributed by atoms with Crippen LogP contribution in [0.4, 0.5) is 0 Å². The van der Waals surface area contributed by atoms with E-state index in [-0.39, 0.29) is 5.92 Å². The minimum absolute atomic E-state index is 0.216. The van der Waals surface area contributed by atoms with Crippen LogP contribution in [0, 0.1) is 0 Å². The molecule has 2 N–H and O–H groups in total. The van der Waals surface area contributed by atoms with E-state index in [1.54, 1.807) is 17.8 Å². The predicted molar refractivity (Wildman–Crippen MR) is 75.1 cm³/mol. The van der Waals surface area contributed by atoms with Crippen molar-refractivity contribution in [2.45, 2.75) is 43.8 Å². The van der Waals surface area contributed by atoms with Gasteiger partial charge in [-0.15, -0.1) is 0 Å². The number of aliphatic hydroxyl groups excluding tert-OH is 2. The van der Waals surface area contributed by atoms with Crippen LogP contribution in [0.5, 0.6) is 0 Å². The zero-order valence-electron chi connectivity index (χ0n) is 12.2. The molecule has 0 radical (unpaired) electrons. The second-order valence-electron chi connectivity index (χ2n) is 5.86. The maximum atomic E-state index is 10.2. The second kappa shape index (κ2) is 5.24. The average Bonchev–Trinajstić information content (AvgIpc) is 3.23. The van der Waals surface area contributed by atoms with E-state index in [1.807, 2.05) is 0 Å². The van der Waals surface area contributed by atoms with Crippen molar-refractivity contribution in [3.05, 3.63) is 18.3 Å². The Morgan fingerprint density at radius 3 is 2.77 bits per heavy atom. The van der Waals surface area contributed by atoms with Crippen molar-refractivity contribution in [1.82, 2.24) is 19.5 Å². The van der Waals surface area contributed by atoms with Gasteiger partial charge in [-0.3, -0.25) is 4.57 Å². The molecule has 0 spiro atoms. The molecule has 5 unspecified atom stereocenters. The summed E-state index contributed by atoms with van der Waals surface area (Å²) in [5.74, 6) is 0.216. The minimum Gasteiger partial charge on any atom is -0.388 e. The molecule has 0 aromatic carbocycles. The Labute approximate surface area is 126 Å². The highest BCUT2D eigenvalue weighted by molar-refractivity contribution is 5.74. The zero-order valence-corrected chi connectivity index (χ0v) is 12.2. The Bertz CT molecular complexity index is 685. The van der Waals surface area contributed by atoms with Gasteiger partial charge in [0.25, 0.3) is 0 Å². The molecule has 2 aliphatic rings. The Morgan fingerprint density at radius 2 is 2.09 bits per heavy atom. The third-order valence-electron chi connectivity index (χ3n) is 4.45. The summed E-state index contributed by atoms with van der Waals surface area (Å²) < 4.78 is 12.7. The van der Waals surface area contributed by atoms with Gasteiger partial charge >= 0.3 is 0 Å². The smallest absolute Gasteiger partial charge is 0.165 e. The number of aliphatic hydroxyl groups is 2. The maximum absolute atomic E-state index is 10.2. The summed E-state index contributed by atoms with van der Waals surface area (Å²) in [6.45, 7) is 3.09. The Hall–Kier alpha value is -1.61. The monoisotopic (exact) mass is 306 g/mol. The summed E-state index contributed by atoms with van der Waals surface area (Å²) in [4.78, 5) is 13.0. The van der Waals surface area contributed by atoms with Gasteiger partial charge in [0.1, 0.15) is 24.1 Å². The molecule has 2 aromatic rings. The second-order valence-corrected chi connectivity index (χ2v) is 5.86. The number of rotatable bonds is 2. The molecular formula is C14H18N4O4. The van der Waals surface area contributed by atoms with Crippen LogP contribution in [-0.2, 0) is 9.47 Å². The van der Waals surface area contributed by atoms with Crippen LogP contribution in [-0.4, -0.2) is 61.3 Å². The van der Waals surface area contributed by atoms with Crippen LogP contribution in [0.1, 0.15) is 31.2 Å². The molecule has 0 aliphatic carbocycles. The van der Waals surface area contributed by atoms with Crippen LogP contribution >= 0.6 is 0 Å². The molecular weight excluding hydrogens is 288 g/mol. The largest absolute Gasteiger partial charge is 0.388 e. The lowest BCUT2D eigenvalue weighted by atomic mass is 10.0. The zero-order chi connectivity index (χ0) is 15.3. The van der Waals surface area contributed by atoms with E-state index in [4.69, 9.17) is 9.47 Å². The third-order valence-corrected chi connectivity index (χ3v) is 4.45. The fourth-order valence-corrected chi connectivity index (χ4v) is 3.16. The third kappa shape index (κ3) is 2.03. The molecule has 4 heterocycles. The predicted octanol–water partition coefficient (Wildman–Crippen LogP) is -0.0307. The molecule has 5 atom stereocenters. The number of ether oxygens (including phenoxy) is 2. The minimum atomic E-state index is -1.01. The molecule has 2 fully saturated rings.